The summed E-state index contributed by atoms with van der Waals surface area (Å²) in [5, 5.41) is 0.735. The van der Waals surface area contributed by atoms with Crippen LogP contribution in [-0.4, -0.2) is 6.54 Å². The van der Waals surface area contributed by atoms with Gasteiger partial charge in [0.1, 0.15) is 0 Å². The molecule has 0 unspecified atom stereocenters. The zero-order valence-corrected chi connectivity index (χ0v) is 7.59. The van der Waals surface area contributed by atoms with Gasteiger partial charge in [-0.05, 0) is 30.7 Å². The minimum absolute atomic E-state index is 0.0345. The second-order valence-electron chi connectivity index (χ2n) is 2.74. The number of rotatable bonds is 3. The first kappa shape index (κ1) is 9.52. The van der Waals surface area contributed by atoms with Crippen molar-refractivity contribution in [1.82, 2.24) is 0 Å². The molecule has 1 aromatic carbocycles. The quantitative estimate of drug-likeness (QED) is 0.751. The van der Waals surface area contributed by atoms with Gasteiger partial charge >= 0.3 is 0 Å². The lowest BCUT2D eigenvalue weighted by molar-refractivity contribution is 0.661. The van der Waals surface area contributed by atoms with E-state index in [1.54, 1.807) is 0 Å². The van der Waals surface area contributed by atoms with Crippen LogP contribution in [0.2, 0.25) is 5.02 Å². The highest BCUT2D eigenvalue weighted by Crippen LogP contribution is 2.16. The van der Waals surface area contributed by atoms with E-state index in [-0.39, 0.29) is 6.04 Å². The van der Waals surface area contributed by atoms with Crippen LogP contribution < -0.4 is 11.5 Å². The van der Waals surface area contributed by atoms with Crippen molar-refractivity contribution in [3.8, 4) is 0 Å². The normalized spacial score (nSPS) is 12.9. The molecule has 0 aliphatic rings. The number of halogens is 1. The molecule has 12 heavy (non-hydrogen) atoms. The summed E-state index contributed by atoms with van der Waals surface area (Å²) in [5.74, 6) is 0. The monoisotopic (exact) mass is 184 g/mol. The number of hydrogen-bond acceptors (Lipinski definition) is 2. The molecule has 1 atom stereocenters. The Bertz CT molecular complexity index is 233. The maximum absolute atomic E-state index is 5.83. The predicted molar refractivity (Wildman–Crippen MR) is 52.1 cm³/mol. The summed E-state index contributed by atoms with van der Waals surface area (Å²) in [7, 11) is 0. The van der Waals surface area contributed by atoms with Crippen LogP contribution in [-0.2, 0) is 0 Å². The van der Waals surface area contributed by atoms with Crippen LogP contribution in [0.1, 0.15) is 18.0 Å². The third-order valence-corrected chi connectivity index (χ3v) is 2.03. The van der Waals surface area contributed by atoms with Gasteiger partial charge in [-0.15, -0.1) is 0 Å². The van der Waals surface area contributed by atoms with Crippen LogP contribution in [0.5, 0.6) is 0 Å². The van der Waals surface area contributed by atoms with Crippen molar-refractivity contribution in [1.29, 1.82) is 0 Å². The van der Waals surface area contributed by atoms with Gasteiger partial charge in [0.15, 0.2) is 0 Å². The average molecular weight is 185 g/mol. The summed E-state index contributed by atoms with van der Waals surface area (Å²) in [6.07, 6.45) is 0.807. The fourth-order valence-electron chi connectivity index (χ4n) is 1.06. The molecule has 0 aliphatic heterocycles. The first-order valence-corrected chi connectivity index (χ1v) is 4.33. The van der Waals surface area contributed by atoms with Gasteiger partial charge in [-0.1, -0.05) is 23.7 Å². The Balaban J connectivity index is 2.68. The van der Waals surface area contributed by atoms with Crippen LogP contribution in [0.3, 0.4) is 0 Å². The van der Waals surface area contributed by atoms with Crippen LogP contribution in [0.4, 0.5) is 0 Å². The number of nitrogens with two attached hydrogens (primary N) is 2. The van der Waals surface area contributed by atoms with Gasteiger partial charge in [0.05, 0.1) is 0 Å². The Labute approximate surface area is 77.5 Å². The summed E-state index contributed by atoms with van der Waals surface area (Å²) in [6, 6.07) is 7.58. The first-order chi connectivity index (χ1) is 5.74. The largest absolute Gasteiger partial charge is 0.330 e. The highest BCUT2D eigenvalue weighted by atomic mass is 35.5. The first-order valence-electron chi connectivity index (χ1n) is 3.95. The molecule has 1 rings (SSSR count). The molecule has 4 N–H and O–H groups in total. The Morgan fingerprint density at radius 1 is 1.25 bits per heavy atom. The summed E-state index contributed by atoms with van der Waals surface area (Å²) >= 11 is 5.73. The predicted octanol–water partition coefficient (Wildman–Crippen LogP) is 1.69. The molecule has 3 heteroatoms. The average Bonchev–Trinajstić information content (AvgIpc) is 2.06. The minimum Gasteiger partial charge on any atom is -0.330 e. The topological polar surface area (TPSA) is 52.0 Å². The molecule has 2 nitrogen and oxygen atoms in total. The van der Waals surface area contributed by atoms with E-state index in [2.05, 4.69) is 0 Å². The molecule has 0 radical (unpaired) electrons. The Morgan fingerprint density at radius 3 is 2.33 bits per heavy atom. The van der Waals surface area contributed by atoms with Crippen molar-refractivity contribution in [3.63, 3.8) is 0 Å². The van der Waals surface area contributed by atoms with E-state index in [1.165, 1.54) is 0 Å². The Kier molecular flexibility index (Phi) is 3.53. The van der Waals surface area contributed by atoms with E-state index in [0.29, 0.717) is 6.54 Å². The molecule has 1 aromatic rings. The summed E-state index contributed by atoms with van der Waals surface area (Å²) in [4.78, 5) is 0. The number of hydrogen-bond donors (Lipinski definition) is 2. The van der Waals surface area contributed by atoms with E-state index in [9.17, 15) is 0 Å². The zero-order chi connectivity index (χ0) is 8.97. The van der Waals surface area contributed by atoms with E-state index < -0.39 is 0 Å². The molecule has 0 aliphatic carbocycles. The fourth-order valence-corrected chi connectivity index (χ4v) is 1.18. The second-order valence-corrected chi connectivity index (χ2v) is 3.17. The van der Waals surface area contributed by atoms with Crippen molar-refractivity contribution in [3.05, 3.63) is 34.9 Å². The van der Waals surface area contributed by atoms with Crippen molar-refractivity contribution < 1.29 is 0 Å². The minimum atomic E-state index is 0.0345. The van der Waals surface area contributed by atoms with Crippen LogP contribution in [0.25, 0.3) is 0 Å². The fraction of sp³-hybridized carbons (Fsp3) is 0.333. The molecule has 0 saturated heterocycles. The molecule has 0 fully saturated rings. The SMILES string of the molecule is NCC[C@H](N)c1ccc(Cl)cc1. The third-order valence-electron chi connectivity index (χ3n) is 1.78. The molecule has 0 saturated carbocycles. The molecule has 0 amide bonds. The van der Waals surface area contributed by atoms with Gasteiger partial charge in [-0.25, -0.2) is 0 Å². The maximum Gasteiger partial charge on any atom is 0.0406 e. The van der Waals surface area contributed by atoms with Crippen molar-refractivity contribution in [2.24, 2.45) is 11.5 Å². The van der Waals surface area contributed by atoms with Crippen molar-refractivity contribution in [2.45, 2.75) is 12.5 Å². The second kappa shape index (κ2) is 4.45. The lowest BCUT2D eigenvalue weighted by Gasteiger charge is -2.09. The molecule has 0 bridgehead atoms. The lowest BCUT2D eigenvalue weighted by atomic mass is 10.1. The van der Waals surface area contributed by atoms with Crippen LogP contribution in [0.15, 0.2) is 24.3 Å². The zero-order valence-electron chi connectivity index (χ0n) is 6.83. The standard InChI is InChI=1S/C9H13ClN2/c10-8-3-1-7(2-4-8)9(12)5-6-11/h1-4,9H,5-6,11-12H2/t9-/m0/s1. The Hall–Kier alpha value is -0.570. The maximum atomic E-state index is 5.83. The van der Waals surface area contributed by atoms with Crippen LogP contribution >= 0.6 is 11.6 Å². The molecular weight excluding hydrogens is 172 g/mol. The Morgan fingerprint density at radius 2 is 1.83 bits per heavy atom. The van der Waals surface area contributed by atoms with Gasteiger partial charge in [-0.3, -0.25) is 0 Å². The molecular formula is C9H13ClN2. The van der Waals surface area contributed by atoms with E-state index >= 15 is 0 Å². The molecule has 0 heterocycles. The third kappa shape index (κ3) is 2.48. The van der Waals surface area contributed by atoms with Gasteiger partial charge in [-0.2, -0.15) is 0 Å². The van der Waals surface area contributed by atoms with Crippen molar-refractivity contribution in [2.75, 3.05) is 6.54 Å². The van der Waals surface area contributed by atoms with Gasteiger partial charge < -0.3 is 11.5 Å². The highest BCUT2D eigenvalue weighted by Gasteiger charge is 2.03. The van der Waals surface area contributed by atoms with E-state index in [1.807, 2.05) is 24.3 Å². The summed E-state index contributed by atoms with van der Waals surface area (Å²) in [5.41, 5.74) is 12.3. The highest BCUT2D eigenvalue weighted by molar-refractivity contribution is 6.30. The van der Waals surface area contributed by atoms with Gasteiger partial charge in [0.2, 0.25) is 0 Å². The molecule has 0 aromatic heterocycles. The summed E-state index contributed by atoms with van der Waals surface area (Å²) < 4.78 is 0. The van der Waals surface area contributed by atoms with Gasteiger partial charge in [0.25, 0.3) is 0 Å². The summed E-state index contributed by atoms with van der Waals surface area (Å²) in [6.45, 7) is 0.615. The smallest absolute Gasteiger partial charge is 0.0406 e. The van der Waals surface area contributed by atoms with Crippen LogP contribution in [0, 0.1) is 0 Å². The lowest BCUT2D eigenvalue weighted by Crippen LogP contribution is -2.14. The molecule has 66 valence electrons. The van der Waals surface area contributed by atoms with E-state index in [0.717, 1.165) is 17.0 Å². The number of benzene rings is 1. The van der Waals surface area contributed by atoms with Gasteiger partial charge in [0, 0.05) is 11.1 Å². The van der Waals surface area contributed by atoms with E-state index in [4.69, 9.17) is 23.1 Å². The van der Waals surface area contributed by atoms with Crippen molar-refractivity contribution >= 4 is 11.6 Å². The molecule has 0 spiro atoms.